The summed E-state index contributed by atoms with van der Waals surface area (Å²) in [6, 6.07) is 18.7. The molecule has 6 heteroatoms. The van der Waals surface area contributed by atoms with Crippen LogP contribution in [0.4, 0.5) is 5.13 Å². The van der Waals surface area contributed by atoms with E-state index in [-0.39, 0.29) is 5.91 Å². The van der Waals surface area contributed by atoms with Gasteiger partial charge in [-0.05, 0) is 37.6 Å². The Balaban J connectivity index is 1.69. The lowest BCUT2D eigenvalue weighted by molar-refractivity contribution is -0.122. The lowest BCUT2D eigenvalue weighted by atomic mass is 10.2. The smallest absolute Gasteiger partial charge is 0.266 e. The first-order valence-corrected chi connectivity index (χ1v) is 8.89. The molecule has 1 N–H and O–H groups in total. The van der Waals surface area contributed by atoms with Crippen LogP contribution in [0.1, 0.15) is 18.2 Å². The van der Waals surface area contributed by atoms with Gasteiger partial charge in [-0.25, -0.2) is 4.98 Å². The van der Waals surface area contributed by atoms with E-state index in [1.807, 2.05) is 43.3 Å². The first-order valence-electron chi connectivity index (χ1n) is 8.07. The van der Waals surface area contributed by atoms with Crippen molar-refractivity contribution in [3.63, 3.8) is 0 Å². The van der Waals surface area contributed by atoms with Crippen LogP contribution in [0, 0.1) is 18.3 Å². The third kappa shape index (κ3) is 4.08. The van der Waals surface area contributed by atoms with Crippen LogP contribution in [-0.4, -0.2) is 17.0 Å². The number of nitriles is 1. The van der Waals surface area contributed by atoms with Crippen LogP contribution in [0.2, 0.25) is 0 Å². The van der Waals surface area contributed by atoms with Gasteiger partial charge in [-0.2, -0.15) is 5.26 Å². The van der Waals surface area contributed by atoms with Gasteiger partial charge < -0.3 is 4.74 Å². The summed E-state index contributed by atoms with van der Waals surface area (Å²) in [5.41, 5.74) is 2.42. The van der Waals surface area contributed by atoms with E-state index in [1.54, 1.807) is 31.2 Å². The molecule has 0 saturated carbocycles. The van der Waals surface area contributed by atoms with Crippen molar-refractivity contribution in [1.82, 2.24) is 4.98 Å². The van der Waals surface area contributed by atoms with Gasteiger partial charge in [0.15, 0.2) is 11.2 Å². The number of anilines is 1. The van der Waals surface area contributed by atoms with E-state index in [0.717, 1.165) is 16.1 Å². The highest BCUT2D eigenvalue weighted by Crippen LogP contribution is 2.32. The van der Waals surface area contributed by atoms with Crippen molar-refractivity contribution in [3.05, 3.63) is 65.9 Å². The molecular weight excluding hydrogens is 346 g/mol. The maximum absolute atomic E-state index is 12.4. The molecule has 1 atom stereocenters. The van der Waals surface area contributed by atoms with E-state index in [4.69, 9.17) is 10.00 Å². The van der Waals surface area contributed by atoms with Crippen molar-refractivity contribution in [2.24, 2.45) is 0 Å². The van der Waals surface area contributed by atoms with E-state index in [0.29, 0.717) is 16.4 Å². The second kappa shape index (κ2) is 7.81. The number of rotatable bonds is 5. The molecule has 3 aromatic rings. The first-order chi connectivity index (χ1) is 12.6. The van der Waals surface area contributed by atoms with E-state index in [1.165, 1.54) is 11.3 Å². The zero-order valence-electron chi connectivity index (χ0n) is 14.4. The first kappa shape index (κ1) is 17.6. The lowest BCUT2D eigenvalue weighted by Crippen LogP contribution is -2.30. The van der Waals surface area contributed by atoms with Gasteiger partial charge in [-0.15, -0.1) is 0 Å². The number of aromatic nitrogens is 1. The number of carbonyl (C=O) groups is 1. The second-order valence-electron chi connectivity index (χ2n) is 5.69. The number of carbonyl (C=O) groups excluding carboxylic acids is 1. The largest absolute Gasteiger partial charge is 0.481 e. The van der Waals surface area contributed by atoms with Crippen LogP contribution in [0.3, 0.4) is 0 Å². The summed E-state index contributed by atoms with van der Waals surface area (Å²) < 4.78 is 5.63. The minimum atomic E-state index is -0.715. The predicted octanol–water partition coefficient (Wildman–Crippen LogP) is 4.40. The summed E-state index contributed by atoms with van der Waals surface area (Å²) in [4.78, 5) is 17.8. The minimum Gasteiger partial charge on any atom is -0.481 e. The fourth-order valence-electron chi connectivity index (χ4n) is 2.41. The molecule has 0 radical (unpaired) electrons. The summed E-state index contributed by atoms with van der Waals surface area (Å²) >= 11 is 1.43. The quantitative estimate of drug-likeness (QED) is 0.729. The van der Waals surface area contributed by atoms with Gasteiger partial charge in [-0.1, -0.05) is 47.7 Å². The molecule has 0 aliphatic carbocycles. The highest BCUT2D eigenvalue weighted by Gasteiger charge is 2.18. The summed E-state index contributed by atoms with van der Waals surface area (Å²) in [6.45, 7) is 3.58. The molecule has 1 amide bonds. The highest BCUT2D eigenvalue weighted by atomic mass is 32.1. The van der Waals surface area contributed by atoms with Crippen LogP contribution in [0.15, 0.2) is 54.6 Å². The number of ether oxygens (including phenoxy) is 1. The van der Waals surface area contributed by atoms with Crippen molar-refractivity contribution < 1.29 is 9.53 Å². The third-order valence-corrected chi connectivity index (χ3v) is 4.83. The fourth-order valence-corrected chi connectivity index (χ4v) is 3.39. The standard InChI is InChI=1S/C20H17N3O2S/c1-13-18(16-8-4-3-5-9-16)26-20(22-13)23-19(24)14(2)25-17-10-6-7-15(11-17)12-21/h3-11,14H,1-2H3,(H,22,23,24). The number of benzene rings is 2. The van der Waals surface area contributed by atoms with Gasteiger partial charge in [0, 0.05) is 0 Å². The zero-order chi connectivity index (χ0) is 18.5. The van der Waals surface area contributed by atoms with Gasteiger partial charge >= 0.3 is 0 Å². The summed E-state index contributed by atoms with van der Waals surface area (Å²) in [5.74, 6) is 0.188. The molecule has 2 aromatic carbocycles. The number of thiazole rings is 1. The zero-order valence-corrected chi connectivity index (χ0v) is 15.2. The van der Waals surface area contributed by atoms with E-state index in [9.17, 15) is 4.79 Å². The van der Waals surface area contributed by atoms with Crippen molar-refractivity contribution in [3.8, 4) is 22.3 Å². The second-order valence-corrected chi connectivity index (χ2v) is 6.69. The SMILES string of the molecule is Cc1nc(NC(=O)C(C)Oc2cccc(C#N)c2)sc1-c1ccccc1. The Morgan fingerprint density at radius 3 is 2.73 bits per heavy atom. The Hall–Kier alpha value is -3.17. The molecular formula is C20H17N3O2S. The molecule has 5 nitrogen and oxygen atoms in total. The van der Waals surface area contributed by atoms with Crippen LogP contribution in [0.25, 0.3) is 10.4 Å². The summed E-state index contributed by atoms with van der Waals surface area (Å²) in [6.07, 6.45) is -0.715. The van der Waals surface area contributed by atoms with Crippen molar-refractivity contribution in [2.75, 3.05) is 5.32 Å². The Morgan fingerprint density at radius 2 is 2.00 bits per heavy atom. The fraction of sp³-hybridized carbons (Fsp3) is 0.150. The molecule has 130 valence electrons. The maximum Gasteiger partial charge on any atom is 0.266 e. The van der Waals surface area contributed by atoms with Gasteiger partial charge in [0.2, 0.25) is 0 Å². The average Bonchev–Trinajstić information content (AvgIpc) is 3.02. The number of nitrogens with zero attached hydrogens (tertiary/aromatic N) is 2. The van der Waals surface area contributed by atoms with Gasteiger partial charge in [0.25, 0.3) is 5.91 Å². The molecule has 0 spiro atoms. The molecule has 26 heavy (non-hydrogen) atoms. The van der Waals surface area contributed by atoms with Crippen molar-refractivity contribution >= 4 is 22.4 Å². The van der Waals surface area contributed by atoms with Gasteiger partial charge in [0.05, 0.1) is 22.2 Å². The third-order valence-electron chi connectivity index (χ3n) is 3.71. The molecule has 1 heterocycles. The summed E-state index contributed by atoms with van der Waals surface area (Å²) in [5, 5.41) is 12.3. The maximum atomic E-state index is 12.4. The number of aryl methyl sites for hydroxylation is 1. The monoisotopic (exact) mass is 363 g/mol. The Morgan fingerprint density at radius 1 is 1.23 bits per heavy atom. The number of amides is 1. The lowest BCUT2D eigenvalue weighted by Gasteiger charge is -2.13. The van der Waals surface area contributed by atoms with E-state index in [2.05, 4.69) is 10.3 Å². The molecule has 0 bridgehead atoms. The molecule has 3 rings (SSSR count). The molecule has 0 aliphatic rings. The Labute approximate surface area is 155 Å². The molecule has 0 aliphatic heterocycles. The number of nitrogens with one attached hydrogen (secondary N) is 1. The van der Waals surface area contributed by atoms with Crippen LogP contribution in [0.5, 0.6) is 5.75 Å². The van der Waals surface area contributed by atoms with Gasteiger partial charge in [0.1, 0.15) is 5.75 Å². The van der Waals surface area contributed by atoms with Crippen molar-refractivity contribution in [2.45, 2.75) is 20.0 Å². The average molecular weight is 363 g/mol. The minimum absolute atomic E-state index is 0.291. The molecule has 0 saturated heterocycles. The van der Waals surface area contributed by atoms with Crippen LogP contribution in [-0.2, 0) is 4.79 Å². The Bertz CT molecular complexity index is 961. The Kier molecular flexibility index (Phi) is 5.30. The normalized spacial score (nSPS) is 11.4. The number of hydrogen-bond donors (Lipinski definition) is 1. The van der Waals surface area contributed by atoms with E-state index < -0.39 is 6.10 Å². The number of hydrogen-bond acceptors (Lipinski definition) is 5. The summed E-state index contributed by atoms with van der Waals surface area (Å²) in [7, 11) is 0. The molecule has 0 fully saturated rings. The van der Waals surface area contributed by atoms with E-state index >= 15 is 0 Å². The molecule has 1 unspecified atom stereocenters. The van der Waals surface area contributed by atoms with Crippen LogP contribution >= 0.6 is 11.3 Å². The van der Waals surface area contributed by atoms with Crippen molar-refractivity contribution in [1.29, 1.82) is 5.26 Å². The molecule has 1 aromatic heterocycles. The van der Waals surface area contributed by atoms with Crippen LogP contribution < -0.4 is 10.1 Å². The highest BCUT2D eigenvalue weighted by molar-refractivity contribution is 7.19. The van der Waals surface area contributed by atoms with Gasteiger partial charge in [-0.3, -0.25) is 10.1 Å². The predicted molar refractivity (Wildman–Crippen MR) is 102 cm³/mol. The topological polar surface area (TPSA) is 75.0 Å².